The number of carbonyl (C=O) groups is 4. The van der Waals surface area contributed by atoms with Gasteiger partial charge in [0.25, 0.3) is 0 Å². The number of carboxylic acids is 4. The molecule has 20 heavy (non-hydrogen) atoms. The van der Waals surface area contributed by atoms with E-state index in [-0.39, 0.29) is 23.2 Å². The molecular formula is C11H11NO8. The molecule has 9 nitrogen and oxygen atoms in total. The molecule has 0 heterocycles. The normalized spacial score (nSPS) is 9.05. The average Bonchev–Trinajstić information content (AvgIpc) is 2.38. The minimum Gasteiger partial charge on any atom is -0.480 e. The van der Waals surface area contributed by atoms with Gasteiger partial charge in [-0.05, 0) is 18.2 Å². The molecule has 108 valence electrons. The number of rotatable bonds is 4. The largest absolute Gasteiger partial charge is 0.480 e. The van der Waals surface area contributed by atoms with Crippen LogP contribution in [0.4, 0.5) is 0 Å². The number of nitrogens with two attached hydrogens (primary N) is 1. The summed E-state index contributed by atoms with van der Waals surface area (Å²) in [5.41, 5.74) is 3.47. The van der Waals surface area contributed by atoms with Gasteiger partial charge in [0.15, 0.2) is 0 Å². The van der Waals surface area contributed by atoms with Gasteiger partial charge in [0.2, 0.25) is 0 Å². The number of aromatic carboxylic acids is 3. The number of hydrogen-bond donors (Lipinski definition) is 5. The van der Waals surface area contributed by atoms with E-state index in [0.29, 0.717) is 0 Å². The predicted molar refractivity (Wildman–Crippen MR) is 64.0 cm³/mol. The minimum atomic E-state index is -1.37. The molecule has 1 aromatic carbocycles. The van der Waals surface area contributed by atoms with Gasteiger partial charge in [-0.2, -0.15) is 0 Å². The van der Waals surface area contributed by atoms with Crippen molar-refractivity contribution in [3.05, 3.63) is 34.9 Å². The Morgan fingerprint density at radius 3 is 1.05 bits per heavy atom. The lowest BCUT2D eigenvalue weighted by Gasteiger charge is -2.00. The zero-order chi connectivity index (χ0) is 15.9. The molecule has 6 N–H and O–H groups in total. The van der Waals surface area contributed by atoms with Crippen LogP contribution in [0.25, 0.3) is 0 Å². The monoisotopic (exact) mass is 285 g/mol. The molecule has 0 aromatic heterocycles. The number of aliphatic carboxylic acids is 1. The van der Waals surface area contributed by atoms with Crippen LogP contribution in [0.2, 0.25) is 0 Å². The predicted octanol–water partition coefficient (Wildman–Crippen LogP) is -0.189. The zero-order valence-electron chi connectivity index (χ0n) is 9.94. The third-order valence-corrected chi connectivity index (χ3v) is 1.85. The fraction of sp³-hybridized carbons (Fsp3) is 0.0909. The Kier molecular flexibility index (Phi) is 6.38. The molecule has 0 amide bonds. The summed E-state index contributed by atoms with van der Waals surface area (Å²) in [5, 5.41) is 33.4. The van der Waals surface area contributed by atoms with Crippen molar-refractivity contribution in [3.63, 3.8) is 0 Å². The van der Waals surface area contributed by atoms with Gasteiger partial charge in [0.05, 0.1) is 23.2 Å². The Morgan fingerprint density at radius 1 is 0.750 bits per heavy atom. The van der Waals surface area contributed by atoms with Crippen molar-refractivity contribution in [1.82, 2.24) is 0 Å². The van der Waals surface area contributed by atoms with E-state index in [0.717, 1.165) is 18.2 Å². The molecule has 1 rings (SSSR count). The maximum absolute atomic E-state index is 10.6. The molecule has 9 heteroatoms. The molecule has 0 aliphatic heterocycles. The van der Waals surface area contributed by atoms with Crippen LogP contribution in [0.5, 0.6) is 0 Å². The summed E-state index contributed by atoms with van der Waals surface area (Å²) < 4.78 is 0. The van der Waals surface area contributed by atoms with Crippen molar-refractivity contribution in [2.75, 3.05) is 6.54 Å². The van der Waals surface area contributed by atoms with Crippen molar-refractivity contribution in [3.8, 4) is 0 Å². The van der Waals surface area contributed by atoms with Gasteiger partial charge in [-0.3, -0.25) is 4.79 Å². The first-order valence-electron chi connectivity index (χ1n) is 4.95. The Morgan fingerprint density at radius 2 is 0.950 bits per heavy atom. The summed E-state index contributed by atoms with van der Waals surface area (Å²) in [4.78, 5) is 40.9. The Hall–Kier alpha value is -2.94. The van der Waals surface area contributed by atoms with Crippen molar-refractivity contribution in [2.45, 2.75) is 0 Å². The van der Waals surface area contributed by atoms with Crippen molar-refractivity contribution < 1.29 is 39.6 Å². The summed E-state index contributed by atoms with van der Waals surface area (Å²) >= 11 is 0. The molecule has 1 aromatic rings. The first kappa shape index (κ1) is 17.1. The second-order valence-electron chi connectivity index (χ2n) is 3.31. The van der Waals surface area contributed by atoms with Gasteiger partial charge in [-0.15, -0.1) is 0 Å². The van der Waals surface area contributed by atoms with E-state index in [4.69, 9.17) is 20.4 Å². The lowest BCUT2D eigenvalue weighted by Crippen LogP contribution is -2.10. The third-order valence-electron chi connectivity index (χ3n) is 1.85. The number of carboxylic acid groups (broad SMARTS) is 4. The van der Waals surface area contributed by atoms with Crippen LogP contribution in [0.3, 0.4) is 0 Å². The smallest absolute Gasteiger partial charge is 0.335 e. The van der Waals surface area contributed by atoms with E-state index < -0.39 is 23.9 Å². The topological polar surface area (TPSA) is 175 Å². The molecule has 0 unspecified atom stereocenters. The standard InChI is InChI=1S/C9H6O6.C2H5NO2/c10-7(11)4-1-5(8(12)13)3-6(2-4)9(14)15;3-1-2(4)5/h1-3H,(H,10,11)(H,12,13)(H,14,15);1,3H2,(H,4,5). The summed E-state index contributed by atoms with van der Waals surface area (Å²) in [6, 6.07) is 2.70. The summed E-state index contributed by atoms with van der Waals surface area (Å²) in [5.74, 6) is -5.09. The maximum atomic E-state index is 10.6. The fourth-order valence-corrected chi connectivity index (χ4v) is 0.998. The molecule has 0 aliphatic rings. The fourth-order valence-electron chi connectivity index (χ4n) is 0.998. The highest BCUT2D eigenvalue weighted by atomic mass is 16.4. The van der Waals surface area contributed by atoms with Crippen molar-refractivity contribution in [2.24, 2.45) is 5.73 Å². The van der Waals surface area contributed by atoms with Gasteiger partial charge >= 0.3 is 23.9 Å². The van der Waals surface area contributed by atoms with Crippen LogP contribution in [-0.2, 0) is 4.79 Å². The quantitative estimate of drug-likeness (QED) is 0.501. The van der Waals surface area contributed by atoms with Crippen molar-refractivity contribution >= 4 is 23.9 Å². The highest BCUT2D eigenvalue weighted by Crippen LogP contribution is 2.11. The Labute approximate surface area is 111 Å². The van der Waals surface area contributed by atoms with E-state index in [9.17, 15) is 19.2 Å². The summed E-state index contributed by atoms with van der Waals surface area (Å²) in [6.45, 7) is -0.278. The molecular weight excluding hydrogens is 274 g/mol. The first-order valence-corrected chi connectivity index (χ1v) is 4.95. The molecule has 0 fully saturated rings. The van der Waals surface area contributed by atoms with Crippen LogP contribution in [0.1, 0.15) is 31.1 Å². The molecule has 0 atom stereocenters. The van der Waals surface area contributed by atoms with Gasteiger partial charge in [0.1, 0.15) is 0 Å². The second kappa shape index (κ2) is 7.48. The van der Waals surface area contributed by atoms with Crippen LogP contribution >= 0.6 is 0 Å². The molecule has 0 spiro atoms. The van der Waals surface area contributed by atoms with E-state index in [1.807, 2.05) is 0 Å². The number of benzene rings is 1. The molecule has 0 aliphatic carbocycles. The highest BCUT2D eigenvalue weighted by Gasteiger charge is 2.14. The lowest BCUT2D eigenvalue weighted by atomic mass is 10.1. The van der Waals surface area contributed by atoms with Crippen LogP contribution in [-0.4, -0.2) is 50.8 Å². The Balaban J connectivity index is 0.000000621. The van der Waals surface area contributed by atoms with E-state index >= 15 is 0 Å². The molecule has 0 saturated heterocycles. The van der Waals surface area contributed by atoms with Gasteiger partial charge in [-0.1, -0.05) is 0 Å². The van der Waals surface area contributed by atoms with Gasteiger partial charge in [-0.25, -0.2) is 14.4 Å². The minimum absolute atomic E-state index is 0.278. The SMILES string of the molecule is NCC(=O)O.O=C(O)c1cc(C(=O)O)cc(C(=O)O)c1. The summed E-state index contributed by atoms with van der Waals surface area (Å²) in [7, 11) is 0. The first-order chi connectivity index (χ1) is 9.18. The third kappa shape index (κ3) is 5.60. The molecule has 0 bridgehead atoms. The van der Waals surface area contributed by atoms with E-state index in [2.05, 4.69) is 5.73 Å². The molecule has 0 saturated carbocycles. The zero-order valence-corrected chi connectivity index (χ0v) is 9.94. The van der Waals surface area contributed by atoms with E-state index in [1.165, 1.54) is 0 Å². The second-order valence-corrected chi connectivity index (χ2v) is 3.31. The number of hydrogen-bond acceptors (Lipinski definition) is 5. The van der Waals surface area contributed by atoms with Gasteiger partial charge in [0, 0.05) is 0 Å². The highest BCUT2D eigenvalue weighted by molar-refractivity contribution is 5.98. The lowest BCUT2D eigenvalue weighted by molar-refractivity contribution is -0.135. The van der Waals surface area contributed by atoms with Crippen LogP contribution in [0.15, 0.2) is 18.2 Å². The van der Waals surface area contributed by atoms with Crippen LogP contribution < -0.4 is 5.73 Å². The average molecular weight is 285 g/mol. The Bertz CT molecular complexity index is 472. The van der Waals surface area contributed by atoms with E-state index in [1.54, 1.807) is 0 Å². The van der Waals surface area contributed by atoms with Crippen molar-refractivity contribution in [1.29, 1.82) is 0 Å². The van der Waals surface area contributed by atoms with Gasteiger partial charge < -0.3 is 26.2 Å². The molecule has 0 radical (unpaired) electrons. The van der Waals surface area contributed by atoms with Crippen LogP contribution in [0, 0.1) is 0 Å². The summed E-state index contributed by atoms with van der Waals surface area (Å²) in [6.07, 6.45) is 0. The maximum Gasteiger partial charge on any atom is 0.335 e.